The van der Waals surface area contributed by atoms with E-state index < -0.39 is 0 Å². The van der Waals surface area contributed by atoms with Crippen LogP contribution in [0.15, 0.2) is 41.6 Å². The first-order valence-corrected chi connectivity index (χ1v) is 8.68. The van der Waals surface area contributed by atoms with Gasteiger partial charge in [-0.25, -0.2) is 9.97 Å². The number of rotatable bonds is 2. The minimum absolute atomic E-state index is 0.128. The van der Waals surface area contributed by atoms with Gasteiger partial charge in [0.05, 0.1) is 21.6 Å². The average molecular weight is 372 g/mol. The van der Waals surface area contributed by atoms with Crippen LogP contribution < -0.4 is 16.2 Å². The lowest BCUT2D eigenvalue weighted by Gasteiger charge is -2.15. The zero-order valence-electron chi connectivity index (χ0n) is 13.5. The fourth-order valence-corrected chi connectivity index (χ4v) is 4.04. The first-order valence-electron chi connectivity index (χ1n) is 7.49. The number of aromatic nitrogens is 3. The molecule has 8 heteroatoms. The molecule has 1 aromatic carbocycles. The summed E-state index contributed by atoms with van der Waals surface area (Å²) in [7, 11) is 3.79. The molecular weight excluding hydrogens is 358 g/mol. The van der Waals surface area contributed by atoms with Crippen LogP contribution in [0.5, 0.6) is 0 Å². The first-order chi connectivity index (χ1) is 12.0. The highest BCUT2D eigenvalue weighted by Crippen LogP contribution is 2.38. The Morgan fingerprint density at radius 3 is 2.60 bits per heavy atom. The zero-order valence-corrected chi connectivity index (χ0v) is 15.1. The second kappa shape index (κ2) is 5.72. The molecule has 0 spiro atoms. The van der Waals surface area contributed by atoms with Crippen molar-refractivity contribution in [3.8, 4) is 5.69 Å². The highest BCUT2D eigenvalue weighted by atomic mass is 35.5. The number of fused-ring (bicyclic) bond motifs is 3. The second-order valence-electron chi connectivity index (χ2n) is 5.80. The van der Waals surface area contributed by atoms with E-state index in [1.54, 1.807) is 30.5 Å². The van der Waals surface area contributed by atoms with Gasteiger partial charge in [0.1, 0.15) is 16.8 Å². The summed E-state index contributed by atoms with van der Waals surface area (Å²) in [5, 5.41) is 1.47. The summed E-state index contributed by atoms with van der Waals surface area (Å²) in [6.45, 7) is 0. The lowest BCUT2D eigenvalue weighted by Crippen LogP contribution is -2.17. The molecule has 25 heavy (non-hydrogen) atoms. The van der Waals surface area contributed by atoms with Crippen LogP contribution in [0, 0.1) is 0 Å². The van der Waals surface area contributed by atoms with Gasteiger partial charge in [-0.15, -0.1) is 11.3 Å². The molecule has 0 atom stereocenters. The predicted octanol–water partition coefficient (Wildman–Crippen LogP) is 3.30. The average Bonchev–Trinajstić information content (AvgIpc) is 2.95. The highest BCUT2D eigenvalue weighted by molar-refractivity contribution is 7.25. The Morgan fingerprint density at radius 1 is 1.20 bits per heavy atom. The summed E-state index contributed by atoms with van der Waals surface area (Å²) < 4.78 is 2.97. The number of nitrogen functional groups attached to an aromatic ring is 1. The molecule has 0 bridgehead atoms. The van der Waals surface area contributed by atoms with Crippen molar-refractivity contribution in [1.29, 1.82) is 0 Å². The van der Waals surface area contributed by atoms with E-state index in [-0.39, 0.29) is 5.56 Å². The maximum Gasteiger partial charge on any atom is 0.275 e. The molecule has 0 aliphatic rings. The molecule has 4 rings (SSSR count). The Hall–Kier alpha value is -2.64. The Morgan fingerprint density at radius 2 is 1.92 bits per heavy atom. The highest BCUT2D eigenvalue weighted by Gasteiger charge is 2.18. The first kappa shape index (κ1) is 15.9. The van der Waals surface area contributed by atoms with E-state index in [4.69, 9.17) is 17.3 Å². The Bertz CT molecular complexity index is 1160. The maximum absolute atomic E-state index is 13.0. The van der Waals surface area contributed by atoms with Crippen molar-refractivity contribution in [1.82, 2.24) is 14.5 Å². The number of anilines is 2. The summed E-state index contributed by atoms with van der Waals surface area (Å²) >= 11 is 7.30. The summed E-state index contributed by atoms with van der Waals surface area (Å²) in [6, 6.07) is 7.06. The molecule has 126 valence electrons. The number of hydrogen-bond acceptors (Lipinski definition) is 6. The van der Waals surface area contributed by atoms with E-state index in [9.17, 15) is 4.79 Å². The maximum atomic E-state index is 13.0. The molecule has 0 aliphatic carbocycles. The molecule has 6 nitrogen and oxygen atoms in total. The fraction of sp³-hybridized carbons (Fsp3) is 0.118. The number of pyridine rings is 1. The number of halogens is 1. The van der Waals surface area contributed by atoms with Crippen molar-refractivity contribution in [3.05, 3.63) is 52.2 Å². The van der Waals surface area contributed by atoms with E-state index in [0.29, 0.717) is 26.7 Å². The normalized spacial score (nSPS) is 11.3. The van der Waals surface area contributed by atoms with Crippen molar-refractivity contribution in [3.63, 3.8) is 0 Å². The molecule has 0 fully saturated rings. The summed E-state index contributed by atoms with van der Waals surface area (Å²) in [5.41, 5.74) is 8.05. The number of hydrogen-bond donors (Lipinski definition) is 1. The van der Waals surface area contributed by atoms with E-state index >= 15 is 0 Å². The van der Waals surface area contributed by atoms with Gasteiger partial charge < -0.3 is 10.6 Å². The van der Waals surface area contributed by atoms with E-state index in [2.05, 4.69) is 9.97 Å². The van der Waals surface area contributed by atoms with Crippen LogP contribution in [0.3, 0.4) is 0 Å². The van der Waals surface area contributed by atoms with Crippen molar-refractivity contribution in [2.24, 2.45) is 0 Å². The van der Waals surface area contributed by atoms with Crippen LogP contribution in [0.1, 0.15) is 0 Å². The number of nitrogens with zero attached hydrogens (tertiary/aromatic N) is 4. The third-order valence-electron chi connectivity index (χ3n) is 3.98. The van der Waals surface area contributed by atoms with Crippen molar-refractivity contribution in [2.75, 3.05) is 24.7 Å². The van der Waals surface area contributed by atoms with Crippen molar-refractivity contribution < 1.29 is 0 Å². The van der Waals surface area contributed by atoms with Crippen molar-refractivity contribution in [2.45, 2.75) is 0 Å². The van der Waals surface area contributed by atoms with E-state index in [0.717, 1.165) is 15.8 Å². The van der Waals surface area contributed by atoms with Crippen LogP contribution in [0.2, 0.25) is 5.02 Å². The smallest absolute Gasteiger partial charge is 0.275 e. The lowest BCUT2D eigenvalue weighted by atomic mass is 10.2. The van der Waals surface area contributed by atoms with Gasteiger partial charge in [0.25, 0.3) is 5.56 Å². The van der Waals surface area contributed by atoms with Crippen molar-refractivity contribution >= 4 is 54.7 Å². The molecule has 0 saturated carbocycles. The largest absolute Gasteiger partial charge is 0.382 e. The van der Waals surface area contributed by atoms with Crippen LogP contribution in [-0.4, -0.2) is 28.6 Å². The molecule has 0 unspecified atom stereocenters. The van der Waals surface area contributed by atoms with Gasteiger partial charge in [0.15, 0.2) is 0 Å². The molecule has 3 heterocycles. The van der Waals surface area contributed by atoms with Gasteiger partial charge >= 0.3 is 0 Å². The van der Waals surface area contributed by atoms with Crippen LogP contribution in [0.4, 0.5) is 11.5 Å². The van der Waals surface area contributed by atoms with Gasteiger partial charge in [-0.05, 0) is 24.3 Å². The molecule has 0 aliphatic heterocycles. The summed E-state index contributed by atoms with van der Waals surface area (Å²) in [6.07, 6.45) is 3.23. The van der Waals surface area contributed by atoms with Crippen LogP contribution >= 0.6 is 22.9 Å². The van der Waals surface area contributed by atoms with E-state index in [1.165, 1.54) is 22.2 Å². The Labute approximate surface area is 152 Å². The molecule has 3 aromatic heterocycles. The lowest BCUT2D eigenvalue weighted by molar-refractivity contribution is 0.967. The monoisotopic (exact) mass is 371 g/mol. The molecular formula is C17H14ClN5OS. The number of benzene rings is 1. The Balaban J connectivity index is 2.06. The molecule has 2 N–H and O–H groups in total. The Kier molecular flexibility index (Phi) is 3.63. The minimum Gasteiger partial charge on any atom is -0.382 e. The summed E-state index contributed by atoms with van der Waals surface area (Å²) in [5.74, 6) is 0.417. The quantitative estimate of drug-likeness (QED) is 0.585. The molecule has 0 amide bonds. The molecule has 4 aromatic rings. The van der Waals surface area contributed by atoms with Crippen LogP contribution in [0.25, 0.3) is 26.0 Å². The number of thiophene rings is 1. The topological polar surface area (TPSA) is 77.0 Å². The molecule has 0 saturated heterocycles. The van der Waals surface area contributed by atoms with Gasteiger partial charge in [0.2, 0.25) is 0 Å². The van der Waals surface area contributed by atoms with Gasteiger partial charge in [0, 0.05) is 30.7 Å². The third kappa shape index (κ3) is 2.43. The molecule has 0 radical (unpaired) electrons. The van der Waals surface area contributed by atoms with Gasteiger partial charge in [-0.1, -0.05) is 11.6 Å². The van der Waals surface area contributed by atoms with Gasteiger partial charge in [-0.2, -0.15) is 0 Å². The van der Waals surface area contributed by atoms with Gasteiger partial charge in [-0.3, -0.25) is 9.36 Å². The van der Waals surface area contributed by atoms with Crippen LogP contribution in [-0.2, 0) is 0 Å². The number of nitrogens with two attached hydrogens (primary N) is 1. The standard InChI is InChI=1S/C17H14ClN5OS/c1-22(2)14-12-11(7-20-16(14)19)25-15-13(12)21-8-23(17(15)24)10-5-3-9(18)4-6-10/h3-8H,1-2H3,(H2,19,20). The second-order valence-corrected chi connectivity index (χ2v) is 7.29. The fourth-order valence-electron chi connectivity index (χ4n) is 2.86. The zero-order chi connectivity index (χ0) is 17.7. The predicted molar refractivity (Wildman–Crippen MR) is 104 cm³/mol. The SMILES string of the molecule is CN(C)c1c(N)ncc2sc3c(=O)n(-c4ccc(Cl)cc4)cnc3c12. The third-order valence-corrected chi connectivity index (χ3v) is 5.33. The summed E-state index contributed by atoms with van der Waals surface area (Å²) in [4.78, 5) is 23.7. The van der Waals surface area contributed by atoms with E-state index in [1.807, 2.05) is 19.0 Å². The minimum atomic E-state index is -0.128.